The van der Waals surface area contributed by atoms with Gasteiger partial charge in [-0.05, 0) is 56.0 Å². The first-order chi connectivity index (χ1) is 22.3. The van der Waals surface area contributed by atoms with Crippen molar-refractivity contribution >= 4 is 22.9 Å². The quantitative estimate of drug-likeness (QED) is 0.145. The minimum absolute atomic E-state index is 0.154. The Morgan fingerprint density at radius 1 is 0.957 bits per heavy atom. The Morgan fingerprint density at radius 2 is 1.80 bits per heavy atom. The van der Waals surface area contributed by atoms with E-state index in [1.54, 1.807) is 42.1 Å². The summed E-state index contributed by atoms with van der Waals surface area (Å²) in [5.74, 6) is -0.485. The number of carbonyl (C=O) groups is 1. The van der Waals surface area contributed by atoms with E-state index in [0.717, 1.165) is 12.3 Å². The SMILES string of the molecule is CCCn1c(=O)n(CCCCOC)c(=O)c2[nH]c(-c3ccc(N(CCCn4ccccc4=O)C(=O)c4ccc(F)nc4)nc3)nc21. The fraction of sp³-hybridized carbons (Fsp3) is 0.344. The summed E-state index contributed by atoms with van der Waals surface area (Å²) in [6, 6.07) is 10.7. The van der Waals surface area contributed by atoms with Crippen LogP contribution in [0.2, 0.25) is 0 Å². The van der Waals surface area contributed by atoms with Gasteiger partial charge in [-0.3, -0.25) is 28.4 Å². The third-order valence-electron chi connectivity index (χ3n) is 7.49. The Balaban J connectivity index is 1.45. The van der Waals surface area contributed by atoms with Gasteiger partial charge in [-0.1, -0.05) is 13.0 Å². The Labute approximate surface area is 263 Å². The number of aromatic nitrogens is 7. The summed E-state index contributed by atoms with van der Waals surface area (Å²) < 4.78 is 22.8. The highest BCUT2D eigenvalue weighted by atomic mass is 19.1. The van der Waals surface area contributed by atoms with E-state index in [1.165, 1.54) is 32.4 Å². The molecule has 240 valence electrons. The maximum absolute atomic E-state index is 13.5. The molecule has 0 saturated heterocycles. The molecule has 0 atom stereocenters. The largest absolute Gasteiger partial charge is 0.385 e. The summed E-state index contributed by atoms with van der Waals surface area (Å²) in [7, 11) is 1.61. The maximum atomic E-state index is 13.5. The Hall–Kier alpha value is -5.24. The minimum atomic E-state index is -0.706. The number of pyridine rings is 3. The van der Waals surface area contributed by atoms with Crippen LogP contribution in [0.15, 0.2) is 75.4 Å². The number of anilines is 1. The van der Waals surface area contributed by atoms with Gasteiger partial charge in [-0.2, -0.15) is 4.39 Å². The number of H-pyrrole nitrogens is 1. The summed E-state index contributed by atoms with van der Waals surface area (Å²) in [6.45, 7) is 3.70. The second kappa shape index (κ2) is 14.7. The highest BCUT2D eigenvalue weighted by Crippen LogP contribution is 2.22. The second-order valence-electron chi connectivity index (χ2n) is 10.7. The van der Waals surface area contributed by atoms with Crippen LogP contribution in [0.5, 0.6) is 0 Å². The van der Waals surface area contributed by atoms with Gasteiger partial charge in [0.1, 0.15) is 17.2 Å². The number of carbonyl (C=O) groups excluding carboxylic acids is 1. The van der Waals surface area contributed by atoms with Gasteiger partial charge in [-0.25, -0.2) is 19.7 Å². The highest BCUT2D eigenvalue weighted by Gasteiger charge is 2.21. The average Bonchev–Trinajstić information content (AvgIpc) is 3.51. The first-order valence-electron chi connectivity index (χ1n) is 15.1. The molecule has 0 radical (unpaired) electrons. The van der Waals surface area contributed by atoms with E-state index in [0.29, 0.717) is 62.6 Å². The Morgan fingerprint density at radius 3 is 2.50 bits per heavy atom. The van der Waals surface area contributed by atoms with Crippen molar-refractivity contribution in [1.82, 2.24) is 33.6 Å². The van der Waals surface area contributed by atoms with Crippen LogP contribution in [0.25, 0.3) is 22.6 Å². The summed E-state index contributed by atoms with van der Waals surface area (Å²) >= 11 is 0. The molecule has 46 heavy (non-hydrogen) atoms. The fourth-order valence-electron chi connectivity index (χ4n) is 5.15. The minimum Gasteiger partial charge on any atom is -0.385 e. The third kappa shape index (κ3) is 7.01. The number of nitrogens with zero attached hydrogens (tertiary/aromatic N) is 7. The van der Waals surface area contributed by atoms with Gasteiger partial charge in [0.25, 0.3) is 11.5 Å². The molecule has 0 saturated carbocycles. The monoisotopic (exact) mass is 630 g/mol. The lowest BCUT2D eigenvalue weighted by Gasteiger charge is -2.22. The number of halogens is 1. The summed E-state index contributed by atoms with van der Waals surface area (Å²) in [5, 5.41) is 0. The molecule has 1 N–H and O–H groups in total. The second-order valence-corrected chi connectivity index (χ2v) is 10.7. The third-order valence-corrected chi connectivity index (χ3v) is 7.49. The molecular formula is C32H35FN8O5. The van der Waals surface area contributed by atoms with Crippen LogP contribution >= 0.6 is 0 Å². The van der Waals surface area contributed by atoms with Crippen LogP contribution in [0.1, 0.15) is 43.0 Å². The molecule has 13 nitrogen and oxygen atoms in total. The van der Waals surface area contributed by atoms with Gasteiger partial charge in [0.15, 0.2) is 5.65 Å². The lowest BCUT2D eigenvalue weighted by atomic mass is 10.2. The number of fused-ring (bicyclic) bond motifs is 1. The van der Waals surface area contributed by atoms with Crippen LogP contribution in [0, 0.1) is 5.95 Å². The van der Waals surface area contributed by atoms with Crippen molar-refractivity contribution in [1.29, 1.82) is 0 Å². The van der Waals surface area contributed by atoms with Crippen molar-refractivity contribution in [2.45, 2.75) is 52.2 Å². The van der Waals surface area contributed by atoms with E-state index in [2.05, 4.69) is 19.9 Å². The van der Waals surface area contributed by atoms with Gasteiger partial charge in [-0.15, -0.1) is 0 Å². The number of rotatable bonds is 14. The van der Waals surface area contributed by atoms with Crippen molar-refractivity contribution in [3.8, 4) is 11.4 Å². The van der Waals surface area contributed by atoms with E-state index < -0.39 is 23.1 Å². The molecule has 0 aromatic carbocycles. The van der Waals surface area contributed by atoms with E-state index >= 15 is 0 Å². The number of ether oxygens (including phenoxy) is 1. The van der Waals surface area contributed by atoms with Crippen LogP contribution in [0.4, 0.5) is 10.2 Å². The molecular weight excluding hydrogens is 595 g/mol. The fourth-order valence-corrected chi connectivity index (χ4v) is 5.15. The van der Waals surface area contributed by atoms with Crippen molar-refractivity contribution in [3.63, 3.8) is 0 Å². The van der Waals surface area contributed by atoms with Crippen molar-refractivity contribution in [2.24, 2.45) is 0 Å². The predicted molar refractivity (Wildman–Crippen MR) is 170 cm³/mol. The zero-order valence-electron chi connectivity index (χ0n) is 25.7. The number of hydrogen-bond acceptors (Lipinski definition) is 8. The lowest BCUT2D eigenvalue weighted by molar-refractivity contribution is 0.0985. The first-order valence-corrected chi connectivity index (χ1v) is 15.1. The molecule has 0 spiro atoms. The molecule has 14 heteroatoms. The maximum Gasteiger partial charge on any atom is 0.332 e. The van der Waals surface area contributed by atoms with Gasteiger partial charge in [0.05, 0.1) is 5.56 Å². The smallest absolute Gasteiger partial charge is 0.332 e. The van der Waals surface area contributed by atoms with E-state index in [-0.39, 0.29) is 35.4 Å². The number of hydrogen-bond donors (Lipinski definition) is 1. The number of unbranched alkanes of at least 4 members (excludes halogenated alkanes) is 1. The van der Waals surface area contributed by atoms with E-state index in [4.69, 9.17) is 4.74 Å². The van der Waals surface area contributed by atoms with E-state index in [9.17, 15) is 23.6 Å². The lowest BCUT2D eigenvalue weighted by Crippen LogP contribution is -2.40. The molecule has 5 aromatic rings. The van der Waals surface area contributed by atoms with E-state index in [1.807, 2.05) is 6.92 Å². The normalized spacial score (nSPS) is 11.3. The molecule has 0 fully saturated rings. The molecule has 5 heterocycles. The summed E-state index contributed by atoms with van der Waals surface area (Å²) in [4.78, 5) is 69.5. The molecule has 0 unspecified atom stereocenters. The molecule has 1 amide bonds. The van der Waals surface area contributed by atoms with Crippen molar-refractivity contribution < 1.29 is 13.9 Å². The predicted octanol–water partition coefficient (Wildman–Crippen LogP) is 3.22. The number of methoxy groups -OCH3 is 1. The summed E-state index contributed by atoms with van der Waals surface area (Å²) in [6.07, 6.45) is 6.78. The Bertz CT molecular complexity index is 1980. The topological polar surface area (TPSA) is 150 Å². The Kier molecular flexibility index (Phi) is 10.3. The number of nitrogens with one attached hydrogen (secondary N) is 1. The first kappa shape index (κ1) is 32.2. The number of imidazole rings is 1. The molecule has 0 aliphatic carbocycles. The average molecular weight is 631 g/mol. The van der Waals surface area contributed by atoms with Crippen LogP contribution in [0.3, 0.4) is 0 Å². The van der Waals surface area contributed by atoms with Gasteiger partial charge in [0.2, 0.25) is 11.5 Å². The zero-order valence-corrected chi connectivity index (χ0v) is 25.7. The standard InChI is InChI=1S/C32H35FN8O5/c1-3-14-40-29-27(31(44)41(32(40)45)17-6-7-19-46-2)36-28(37-29)22-11-13-25(35-20-22)39(30(43)23-10-12-24(33)34-21-23)18-8-16-38-15-5-4-9-26(38)42/h4-5,9-13,15,20-21H,3,6-8,14,16-19H2,1-2H3,(H,36,37). The number of aryl methyl sites for hydroxylation is 2. The van der Waals surface area contributed by atoms with Crippen molar-refractivity contribution in [2.75, 3.05) is 25.2 Å². The summed E-state index contributed by atoms with van der Waals surface area (Å²) in [5.41, 5.74) is 0.179. The van der Waals surface area contributed by atoms with Gasteiger partial charge < -0.3 is 14.3 Å². The van der Waals surface area contributed by atoms with Gasteiger partial charge >= 0.3 is 5.69 Å². The number of aromatic amines is 1. The molecule has 5 rings (SSSR count). The molecule has 5 aromatic heterocycles. The highest BCUT2D eigenvalue weighted by molar-refractivity contribution is 6.05. The zero-order chi connectivity index (χ0) is 32.6. The van der Waals surface area contributed by atoms with Crippen molar-refractivity contribution in [3.05, 3.63) is 104 Å². The van der Waals surface area contributed by atoms with Crippen LogP contribution in [-0.4, -0.2) is 59.8 Å². The van der Waals surface area contributed by atoms with Crippen LogP contribution in [-0.2, 0) is 24.4 Å². The molecule has 0 bridgehead atoms. The van der Waals surface area contributed by atoms with Gasteiger partial charge in [0, 0.05) is 70.1 Å². The van der Waals surface area contributed by atoms with Crippen LogP contribution < -0.4 is 21.7 Å². The number of amides is 1. The molecule has 0 aliphatic rings. The molecule has 0 aliphatic heterocycles.